The van der Waals surface area contributed by atoms with E-state index in [1.54, 1.807) is 0 Å². The highest BCUT2D eigenvalue weighted by molar-refractivity contribution is 5.80. The third-order valence-corrected chi connectivity index (χ3v) is 3.31. The topological polar surface area (TPSA) is 43.1 Å². The van der Waals surface area contributed by atoms with Gasteiger partial charge in [-0.25, -0.2) is 0 Å². The SMILES string of the molecule is CCC(C)CC(C)(C(N)=O)C(C)C. The van der Waals surface area contributed by atoms with Gasteiger partial charge in [0.2, 0.25) is 5.91 Å². The van der Waals surface area contributed by atoms with Crippen molar-refractivity contribution in [3.05, 3.63) is 0 Å². The van der Waals surface area contributed by atoms with Gasteiger partial charge in [-0.1, -0.05) is 41.0 Å². The summed E-state index contributed by atoms with van der Waals surface area (Å²) in [6.07, 6.45) is 2.01. The molecule has 2 atom stereocenters. The molecule has 0 aliphatic heterocycles. The van der Waals surface area contributed by atoms with Crippen LogP contribution in [0.5, 0.6) is 0 Å². The van der Waals surface area contributed by atoms with Crippen LogP contribution in [0.15, 0.2) is 0 Å². The molecule has 78 valence electrons. The zero-order chi connectivity index (χ0) is 10.6. The molecule has 0 saturated heterocycles. The normalized spacial score (nSPS) is 18.3. The smallest absolute Gasteiger partial charge is 0.223 e. The highest BCUT2D eigenvalue weighted by Gasteiger charge is 2.35. The third kappa shape index (κ3) is 3.02. The van der Waals surface area contributed by atoms with Gasteiger partial charge in [0.15, 0.2) is 0 Å². The van der Waals surface area contributed by atoms with Gasteiger partial charge < -0.3 is 5.73 Å². The molecule has 0 aromatic heterocycles. The second-order valence-electron chi connectivity index (χ2n) is 4.65. The number of carbonyl (C=O) groups excluding carboxylic acids is 1. The van der Waals surface area contributed by atoms with E-state index < -0.39 is 0 Å². The third-order valence-electron chi connectivity index (χ3n) is 3.31. The lowest BCUT2D eigenvalue weighted by Crippen LogP contribution is -2.40. The molecule has 0 saturated carbocycles. The molecular weight excluding hydrogens is 162 g/mol. The Kier molecular flexibility index (Phi) is 4.45. The molecule has 0 fully saturated rings. The average Bonchev–Trinajstić information content (AvgIpc) is 2.03. The van der Waals surface area contributed by atoms with Gasteiger partial charge in [0, 0.05) is 5.41 Å². The Bertz CT molecular complexity index is 177. The van der Waals surface area contributed by atoms with Crippen LogP contribution in [0.2, 0.25) is 0 Å². The molecule has 2 heteroatoms. The minimum Gasteiger partial charge on any atom is -0.369 e. The first-order chi connectivity index (χ1) is 5.84. The van der Waals surface area contributed by atoms with Gasteiger partial charge in [0.05, 0.1) is 0 Å². The Balaban J connectivity index is 4.51. The van der Waals surface area contributed by atoms with Crippen LogP contribution < -0.4 is 5.73 Å². The van der Waals surface area contributed by atoms with E-state index in [2.05, 4.69) is 27.7 Å². The highest BCUT2D eigenvalue weighted by atomic mass is 16.1. The zero-order valence-corrected chi connectivity index (χ0v) is 9.55. The molecule has 2 N–H and O–H groups in total. The van der Waals surface area contributed by atoms with Crippen LogP contribution in [0, 0.1) is 17.3 Å². The van der Waals surface area contributed by atoms with Crippen LogP contribution in [-0.2, 0) is 4.79 Å². The molecule has 0 spiro atoms. The molecule has 0 aliphatic rings. The maximum atomic E-state index is 11.3. The Morgan fingerprint density at radius 2 is 1.85 bits per heavy atom. The van der Waals surface area contributed by atoms with Crippen LogP contribution in [0.25, 0.3) is 0 Å². The van der Waals surface area contributed by atoms with Gasteiger partial charge in [-0.2, -0.15) is 0 Å². The Morgan fingerprint density at radius 1 is 1.38 bits per heavy atom. The van der Waals surface area contributed by atoms with E-state index in [9.17, 15) is 4.79 Å². The first-order valence-electron chi connectivity index (χ1n) is 5.14. The van der Waals surface area contributed by atoms with E-state index >= 15 is 0 Å². The van der Waals surface area contributed by atoms with Gasteiger partial charge in [-0.15, -0.1) is 0 Å². The minimum atomic E-state index is -0.338. The summed E-state index contributed by atoms with van der Waals surface area (Å²) in [4.78, 5) is 11.3. The van der Waals surface area contributed by atoms with Crippen molar-refractivity contribution >= 4 is 5.91 Å². The van der Waals surface area contributed by atoms with Gasteiger partial charge in [0.1, 0.15) is 0 Å². The number of carbonyl (C=O) groups is 1. The molecule has 0 bridgehead atoms. The van der Waals surface area contributed by atoms with E-state index in [1.165, 1.54) is 0 Å². The van der Waals surface area contributed by atoms with E-state index in [4.69, 9.17) is 5.73 Å². The maximum Gasteiger partial charge on any atom is 0.223 e. The molecular formula is C11H23NO. The summed E-state index contributed by atoms with van der Waals surface area (Å²) in [6, 6.07) is 0. The molecule has 0 radical (unpaired) electrons. The highest BCUT2D eigenvalue weighted by Crippen LogP contribution is 2.34. The summed E-state index contributed by atoms with van der Waals surface area (Å²) in [5.74, 6) is 0.724. The number of primary amides is 1. The summed E-state index contributed by atoms with van der Waals surface area (Å²) in [7, 11) is 0. The monoisotopic (exact) mass is 185 g/mol. The molecule has 2 nitrogen and oxygen atoms in total. The summed E-state index contributed by atoms with van der Waals surface area (Å²) < 4.78 is 0. The second kappa shape index (κ2) is 4.64. The summed E-state index contributed by atoms with van der Waals surface area (Å²) >= 11 is 0. The average molecular weight is 185 g/mol. The lowest BCUT2D eigenvalue weighted by molar-refractivity contribution is -0.130. The van der Waals surface area contributed by atoms with Crippen LogP contribution in [0.3, 0.4) is 0 Å². The van der Waals surface area contributed by atoms with E-state index in [0.717, 1.165) is 12.8 Å². The molecule has 0 aliphatic carbocycles. The zero-order valence-electron chi connectivity index (χ0n) is 9.55. The molecule has 1 amide bonds. The first kappa shape index (κ1) is 12.5. The van der Waals surface area contributed by atoms with Crippen molar-refractivity contribution in [3.8, 4) is 0 Å². The number of rotatable bonds is 5. The molecule has 2 unspecified atom stereocenters. The number of nitrogens with two attached hydrogens (primary N) is 1. The Morgan fingerprint density at radius 3 is 2.08 bits per heavy atom. The van der Waals surface area contributed by atoms with Gasteiger partial charge in [-0.05, 0) is 18.3 Å². The van der Waals surface area contributed by atoms with Gasteiger partial charge in [-0.3, -0.25) is 4.79 Å². The summed E-state index contributed by atoms with van der Waals surface area (Å²) in [5.41, 5.74) is 5.10. The second-order valence-corrected chi connectivity index (χ2v) is 4.65. The van der Waals surface area contributed by atoms with Crippen LogP contribution in [0.1, 0.15) is 47.5 Å². The van der Waals surface area contributed by atoms with Crippen molar-refractivity contribution in [2.75, 3.05) is 0 Å². The molecule has 0 aromatic carbocycles. The predicted octanol–water partition coefficient (Wildman–Crippen LogP) is 2.57. The van der Waals surface area contributed by atoms with E-state index in [-0.39, 0.29) is 11.3 Å². The Labute approximate surface area is 81.9 Å². The van der Waals surface area contributed by atoms with Crippen molar-refractivity contribution < 1.29 is 4.79 Å². The Hall–Kier alpha value is -0.530. The van der Waals surface area contributed by atoms with Gasteiger partial charge in [0.25, 0.3) is 0 Å². The van der Waals surface area contributed by atoms with Crippen molar-refractivity contribution in [3.63, 3.8) is 0 Å². The van der Waals surface area contributed by atoms with Crippen LogP contribution >= 0.6 is 0 Å². The standard InChI is InChI=1S/C11H23NO/c1-6-9(4)7-11(5,8(2)3)10(12)13/h8-9H,6-7H2,1-5H3,(H2,12,13). The number of hydrogen-bond donors (Lipinski definition) is 1. The maximum absolute atomic E-state index is 11.3. The van der Waals surface area contributed by atoms with Crippen molar-refractivity contribution in [2.24, 2.45) is 23.0 Å². The van der Waals surface area contributed by atoms with Crippen molar-refractivity contribution in [1.82, 2.24) is 0 Å². The summed E-state index contributed by atoms with van der Waals surface area (Å²) in [5, 5.41) is 0. The van der Waals surface area contributed by atoms with Crippen LogP contribution in [0.4, 0.5) is 0 Å². The predicted molar refractivity (Wildman–Crippen MR) is 56.2 cm³/mol. The minimum absolute atomic E-state index is 0.164. The van der Waals surface area contributed by atoms with Crippen molar-refractivity contribution in [2.45, 2.75) is 47.5 Å². The quantitative estimate of drug-likeness (QED) is 0.703. The first-order valence-corrected chi connectivity index (χ1v) is 5.14. The van der Waals surface area contributed by atoms with Crippen molar-refractivity contribution in [1.29, 1.82) is 0 Å². The molecule has 0 aromatic rings. The fourth-order valence-electron chi connectivity index (χ4n) is 1.49. The largest absolute Gasteiger partial charge is 0.369 e. The number of amides is 1. The summed E-state index contributed by atoms with van der Waals surface area (Å²) in [6.45, 7) is 10.4. The fourth-order valence-corrected chi connectivity index (χ4v) is 1.49. The number of hydrogen-bond acceptors (Lipinski definition) is 1. The van der Waals surface area contributed by atoms with E-state index in [1.807, 2.05) is 6.92 Å². The fraction of sp³-hybridized carbons (Fsp3) is 0.909. The lowest BCUT2D eigenvalue weighted by atomic mass is 9.72. The molecule has 13 heavy (non-hydrogen) atoms. The lowest BCUT2D eigenvalue weighted by Gasteiger charge is -2.32. The molecule has 0 heterocycles. The van der Waals surface area contributed by atoms with E-state index in [0.29, 0.717) is 11.8 Å². The van der Waals surface area contributed by atoms with Crippen LogP contribution in [-0.4, -0.2) is 5.91 Å². The molecule has 0 rings (SSSR count). The van der Waals surface area contributed by atoms with Gasteiger partial charge >= 0.3 is 0 Å².